The van der Waals surface area contributed by atoms with Crippen LogP contribution in [0.1, 0.15) is 0 Å². The summed E-state index contributed by atoms with van der Waals surface area (Å²) < 4.78 is 5.28. The number of para-hydroxylation sites is 1. The Labute approximate surface area is 129 Å². The van der Waals surface area contributed by atoms with E-state index >= 15 is 0 Å². The van der Waals surface area contributed by atoms with Crippen LogP contribution in [-0.2, 0) is 0 Å². The largest absolute Gasteiger partial charge is 0.360 e. The molecule has 0 aliphatic heterocycles. The van der Waals surface area contributed by atoms with Crippen molar-refractivity contribution in [2.24, 2.45) is 0 Å². The van der Waals surface area contributed by atoms with Gasteiger partial charge in [-0.1, -0.05) is 23.4 Å². The molecule has 7 heteroatoms. The SMILES string of the molecule is O=[N+]([O-])c1ccc(-c2nc(-c3c[nH]c4ccccc34)no2)cc1. The maximum Gasteiger partial charge on any atom is 0.269 e. The molecular weight excluding hydrogens is 296 g/mol. The summed E-state index contributed by atoms with van der Waals surface area (Å²) in [4.78, 5) is 17.8. The quantitative estimate of drug-likeness (QED) is 0.458. The Morgan fingerprint density at radius 1 is 1.09 bits per heavy atom. The van der Waals surface area contributed by atoms with E-state index in [1.54, 1.807) is 12.1 Å². The molecule has 0 aliphatic carbocycles. The molecule has 2 heterocycles. The lowest BCUT2D eigenvalue weighted by Crippen LogP contribution is -1.87. The number of H-pyrrole nitrogens is 1. The number of nitro groups is 1. The van der Waals surface area contributed by atoms with Crippen LogP contribution in [0, 0.1) is 10.1 Å². The van der Waals surface area contributed by atoms with Crippen LogP contribution in [0.3, 0.4) is 0 Å². The van der Waals surface area contributed by atoms with Crippen molar-refractivity contribution in [1.29, 1.82) is 0 Å². The predicted octanol–water partition coefficient (Wildman–Crippen LogP) is 3.79. The molecule has 0 saturated heterocycles. The number of fused-ring (bicyclic) bond motifs is 1. The third-order valence-corrected chi connectivity index (χ3v) is 3.58. The van der Waals surface area contributed by atoms with Gasteiger partial charge in [-0.2, -0.15) is 4.98 Å². The minimum absolute atomic E-state index is 0.0186. The van der Waals surface area contributed by atoms with Crippen LogP contribution in [-0.4, -0.2) is 20.0 Å². The molecular formula is C16H10N4O3. The van der Waals surface area contributed by atoms with Crippen molar-refractivity contribution in [2.75, 3.05) is 0 Å². The molecule has 4 aromatic rings. The summed E-state index contributed by atoms with van der Waals surface area (Å²) in [5.41, 5.74) is 2.49. The van der Waals surface area contributed by atoms with Gasteiger partial charge in [-0.25, -0.2) is 0 Å². The van der Waals surface area contributed by atoms with Crippen molar-refractivity contribution in [2.45, 2.75) is 0 Å². The maximum absolute atomic E-state index is 10.7. The zero-order valence-electron chi connectivity index (χ0n) is 11.8. The molecule has 0 aliphatic rings. The van der Waals surface area contributed by atoms with Crippen molar-refractivity contribution in [1.82, 2.24) is 15.1 Å². The van der Waals surface area contributed by atoms with Gasteiger partial charge in [-0.05, 0) is 18.2 Å². The first-order valence-corrected chi connectivity index (χ1v) is 6.87. The van der Waals surface area contributed by atoms with Gasteiger partial charge in [0.15, 0.2) is 0 Å². The lowest BCUT2D eigenvalue weighted by molar-refractivity contribution is -0.384. The number of aromatic amines is 1. The molecule has 7 nitrogen and oxygen atoms in total. The summed E-state index contributed by atoms with van der Waals surface area (Å²) in [6.45, 7) is 0. The Hall–Kier alpha value is -3.48. The van der Waals surface area contributed by atoms with Crippen molar-refractivity contribution < 1.29 is 9.45 Å². The van der Waals surface area contributed by atoms with Crippen molar-refractivity contribution in [3.05, 3.63) is 64.8 Å². The molecule has 0 radical (unpaired) electrons. The van der Waals surface area contributed by atoms with E-state index < -0.39 is 4.92 Å². The topological polar surface area (TPSA) is 97.8 Å². The highest BCUT2D eigenvalue weighted by molar-refractivity contribution is 5.93. The maximum atomic E-state index is 10.7. The molecule has 0 bridgehead atoms. The molecule has 23 heavy (non-hydrogen) atoms. The monoisotopic (exact) mass is 306 g/mol. The normalized spacial score (nSPS) is 11.0. The molecule has 4 rings (SSSR count). The molecule has 2 aromatic heterocycles. The third kappa shape index (κ3) is 2.24. The van der Waals surface area contributed by atoms with E-state index in [4.69, 9.17) is 4.52 Å². The number of hydrogen-bond donors (Lipinski definition) is 1. The molecule has 0 atom stereocenters. The van der Waals surface area contributed by atoms with E-state index in [0.717, 1.165) is 16.5 Å². The number of rotatable bonds is 3. The average molecular weight is 306 g/mol. The van der Waals surface area contributed by atoms with Crippen LogP contribution in [0.15, 0.2) is 59.3 Å². The van der Waals surface area contributed by atoms with Gasteiger partial charge < -0.3 is 9.51 Å². The number of nitrogens with one attached hydrogen (secondary N) is 1. The van der Waals surface area contributed by atoms with Gasteiger partial charge in [0, 0.05) is 40.4 Å². The summed E-state index contributed by atoms with van der Waals surface area (Å²) >= 11 is 0. The Balaban J connectivity index is 1.73. The summed E-state index contributed by atoms with van der Waals surface area (Å²) in [5, 5.41) is 15.7. The number of aromatic nitrogens is 3. The second-order valence-corrected chi connectivity index (χ2v) is 4.98. The van der Waals surface area contributed by atoms with E-state index in [0.29, 0.717) is 17.3 Å². The Kier molecular flexibility index (Phi) is 2.90. The fraction of sp³-hybridized carbons (Fsp3) is 0. The zero-order valence-corrected chi connectivity index (χ0v) is 11.8. The number of benzene rings is 2. The van der Waals surface area contributed by atoms with Gasteiger partial charge in [0.2, 0.25) is 5.82 Å². The summed E-state index contributed by atoms with van der Waals surface area (Å²) in [7, 11) is 0. The van der Waals surface area contributed by atoms with Gasteiger partial charge in [-0.3, -0.25) is 10.1 Å². The number of nitrogens with zero attached hydrogens (tertiary/aromatic N) is 3. The van der Waals surface area contributed by atoms with Crippen LogP contribution in [0.5, 0.6) is 0 Å². The smallest absolute Gasteiger partial charge is 0.269 e. The first kappa shape index (κ1) is 13.2. The lowest BCUT2D eigenvalue weighted by atomic mass is 10.1. The first-order chi connectivity index (χ1) is 11.2. The minimum Gasteiger partial charge on any atom is -0.360 e. The number of nitro benzene ring substituents is 1. The van der Waals surface area contributed by atoms with Crippen LogP contribution in [0.25, 0.3) is 33.7 Å². The Morgan fingerprint density at radius 3 is 2.65 bits per heavy atom. The second-order valence-electron chi connectivity index (χ2n) is 4.98. The third-order valence-electron chi connectivity index (χ3n) is 3.58. The van der Waals surface area contributed by atoms with E-state index in [-0.39, 0.29) is 5.69 Å². The first-order valence-electron chi connectivity index (χ1n) is 6.87. The van der Waals surface area contributed by atoms with E-state index in [2.05, 4.69) is 15.1 Å². The van der Waals surface area contributed by atoms with Crippen LogP contribution in [0.4, 0.5) is 5.69 Å². The molecule has 0 amide bonds. The summed E-state index contributed by atoms with van der Waals surface area (Å²) in [6.07, 6.45) is 1.83. The Bertz CT molecular complexity index is 1000. The standard InChI is InChI=1S/C16H10N4O3/c21-20(22)11-7-5-10(6-8-11)16-18-15(19-23-16)13-9-17-14-4-2-1-3-12(13)14/h1-9,17H. The van der Waals surface area contributed by atoms with Gasteiger partial charge in [-0.15, -0.1) is 0 Å². The molecule has 0 fully saturated rings. The highest BCUT2D eigenvalue weighted by Gasteiger charge is 2.15. The van der Waals surface area contributed by atoms with Gasteiger partial charge >= 0.3 is 0 Å². The van der Waals surface area contributed by atoms with E-state index in [1.165, 1.54) is 12.1 Å². The predicted molar refractivity (Wildman–Crippen MR) is 83.7 cm³/mol. The van der Waals surface area contributed by atoms with Crippen LogP contribution >= 0.6 is 0 Å². The number of non-ortho nitro benzene ring substituents is 1. The molecule has 2 aromatic carbocycles. The Morgan fingerprint density at radius 2 is 1.87 bits per heavy atom. The van der Waals surface area contributed by atoms with Gasteiger partial charge in [0.05, 0.1) is 4.92 Å². The van der Waals surface area contributed by atoms with E-state index in [1.807, 2.05) is 30.5 Å². The van der Waals surface area contributed by atoms with Crippen molar-refractivity contribution >= 4 is 16.6 Å². The summed E-state index contributed by atoms with van der Waals surface area (Å²) in [5.74, 6) is 0.788. The number of hydrogen-bond acceptors (Lipinski definition) is 5. The van der Waals surface area contributed by atoms with Gasteiger partial charge in [0.25, 0.3) is 11.6 Å². The molecule has 0 saturated carbocycles. The molecule has 1 N–H and O–H groups in total. The summed E-state index contributed by atoms with van der Waals surface area (Å²) in [6, 6.07) is 13.8. The highest BCUT2D eigenvalue weighted by atomic mass is 16.6. The zero-order chi connectivity index (χ0) is 15.8. The van der Waals surface area contributed by atoms with Crippen LogP contribution in [0.2, 0.25) is 0 Å². The fourth-order valence-corrected chi connectivity index (χ4v) is 2.43. The van der Waals surface area contributed by atoms with Gasteiger partial charge in [0.1, 0.15) is 0 Å². The molecule has 0 unspecified atom stereocenters. The molecule has 112 valence electrons. The average Bonchev–Trinajstić information content (AvgIpc) is 3.21. The fourth-order valence-electron chi connectivity index (χ4n) is 2.43. The minimum atomic E-state index is -0.449. The molecule has 0 spiro atoms. The highest BCUT2D eigenvalue weighted by Crippen LogP contribution is 2.28. The van der Waals surface area contributed by atoms with Crippen LogP contribution < -0.4 is 0 Å². The lowest BCUT2D eigenvalue weighted by Gasteiger charge is -1.93. The van der Waals surface area contributed by atoms with Crippen molar-refractivity contribution in [3.63, 3.8) is 0 Å². The second kappa shape index (κ2) is 5.06. The van der Waals surface area contributed by atoms with E-state index in [9.17, 15) is 10.1 Å². The van der Waals surface area contributed by atoms with Crippen molar-refractivity contribution in [3.8, 4) is 22.8 Å².